The molecule has 0 unspecified atom stereocenters. The smallest absolute Gasteiger partial charge is 0.335 e. The summed E-state index contributed by atoms with van der Waals surface area (Å²) in [6, 6.07) is 3.18. The number of nitro benzene ring substituents is 1. The quantitative estimate of drug-likeness (QED) is 0.642. The molecule has 0 saturated carbocycles. The van der Waals surface area contributed by atoms with Crippen LogP contribution in [0.1, 0.15) is 20.8 Å². The van der Waals surface area contributed by atoms with Gasteiger partial charge < -0.3 is 10.4 Å². The number of benzene rings is 1. The number of amides is 1. The molecule has 1 amide bonds. The maximum atomic E-state index is 11.7. The predicted molar refractivity (Wildman–Crippen MR) is 67.9 cm³/mol. The van der Waals surface area contributed by atoms with Crippen molar-refractivity contribution in [2.45, 2.75) is 0 Å². The SMILES string of the molecule is O=C(O)c1ccc(NC(=O)c2cnsn2)c([N+](=O)[O-])c1. The molecule has 1 aromatic heterocycles. The number of carboxylic acids is 1. The maximum absolute atomic E-state index is 11.7. The molecule has 2 N–H and O–H groups in total. The second-order valence-electron chi connectivity index (χ2n) is 3.54. The number of anilines is 1. The Bertz CT molecular complexity index is 685. The molecule has 102 valence electrons. The van der Waals surface area contributed by atoms with E-state index in [1.165, 1.54) is 6.20 Å². The fourth-order valence-corrected chi connectivity index (χ4v) is 1.78. The summed E-state index contributed by atoms with van der Waals surface area (Å²) in [5, 5.41) is 22.0. The zero-order valence-electron chi connectivity index (χ0n) is 9.64. The molecular formula is C10H6N4O5S. The molecule has 0 aliphatic heterocycles. The van der Waals surface area contributed by atoms with Crippen molar-refractivity contribution >= 4 is 35.0 Å². The van der Waals surface area contributed by atoms with Crippen LogP contribution in [0.4, 0.5) is 11.4 Å². The fourth-order valence-electron chi connectivity index (χ4n) is 1.37. The number of aromatic nitrogens is 2. The third-order valence-electron chi connectivity index (χ3n) is 2.28. The van der Waals surface area contributed by atoms with Gasteiger partial charge in [-0.15, -0.1) is 0 Å². The summed E-state index contributed by atoms with van der Waals surface area (Å²) in [6.07, 6.45) is 1.22. The average Bonchev–Trinajstić information content (AvgIpc) is 2.92. The second-order valence-corrected chi connectivity index (χ2v) is 4.10. The zero-order valence-corrected chi connectivity index (χ0v) is 10.5. The van der Waals surface area contributed by atoms with Gasteiger partial charge in [0.05, 0.1) is 28.4 Å². The molecule has 2 rings (SSSR count). The van der Waals surface area contributed by atoms with Crippen molar-refractivity contribution in [1.29, 1.82) is 0 Å². The summed E-state index contributed by atoms with van der Waals surface area (Å²) >= 11 is 0.823. The van der Waals surface area contributed by atoms with E-state index in [2.05, 4.69) is 14.1 Å². The molecule has 0 fully saturated rings. The van der Waals surface area contributed by atoms with E-state index in [1.807, 2.05) is 0 Å². The van der Waals surface area contributed by atoms with Crippen molar-refractivity contribution in [2.75, 3.05) is 5.32 Å². The Labute approximate surface area is 115 Å². The van der Waals surface area contributed by atoms with Crippen LogP contribution in [-0.4, -0.2) is 30.7 Å². The number of hydrogen-bond acceptors (Lipinski definition) is 7. The van der Waals surface area contributed by atoms with Crippen molar-refractivity contribution in [3.05, 3.63) is 45.8 Å². The number of carboxylic acid groups (broad SMARTS) is 1. The molecule has 0 atom stereocenters. The lowest BCUT2D eigenvalue weighted by Gasteiger charge is -2.05. The summed E-state index contributed by atoms with van der Waals surface area (Å²) in [5.41, 5.74) is -0.851. The standard InChI is InChI=1S/C10H6N4O5S/c15-9(7-4-11-20-13-7)12-6-2-1-5(10(16)17)3-8(6)14(18)19/h1-4H,(H,12,15)(H,16,17). The first-order chi connectivity index (χ1) is 9.49. The Morgan fingerprint density at radius 1 is 1.40 bits per heavy atom. The first kappa shape index (κ1) is 13.5. The minimum Gasteiger partial charge on any atom is -0.478 e. The van der Waals surface area contributed by atoms with Crippen molar-refractivity contribution in [2.24, 2.45) is 0 Å². The number of carbonyl (C=O) groups is 2. The van der Waals surface area contributed by atoms with Gasteiger partial charge in [-0.2, -0.15) is 8.75 Å². The Kier molecular flexibility index (Phi) is 3.66. The molecule has 0 radical (unpaired) electrons. The Morgan fingerprint density at radius 3 is 2.70 bits per heavy atom. The molecule has 2 aromatic rings. The van der Waals surface area contributed by atoms with Crippen LogP contribution in [0.5, 0.6) is 0 Å². The van der Waals surface area contributed by atoms with Crippen molar-refractivity contribution < 1.29 is 19.6 Å². The molecule has 1 aromatic carbocycles. The van der Waals surface area contributed by atoms with Gasteiger partial charge in [0.25, 0.3) is 11.6 Å². The summed E-state index contributed by atoms with van der Waals surface area (Å²) in [4.78, 5) is 32.6. The van der Waals surface area contributed by atoms with Gasteiger partial charge in [-0.1, -0.05) is 0 Å². The van der Waals surface area contributed by atoms with Crippen LogP contribution >= 0.6 is 11.7 Å². The van der Waals surface area contributed by atoms with E-state index in [1.54, 1.807) is 0 Å². The summed E-state index contributed by atoms with van der Waals surface area (Å²) in [6.45, 7) is 0. The summed E-state index contributed by atoms with van der Waals surface area (Å²) in [5.74, 6) is -1.96. The van der Waals surface area contributed by atoms with Crippen LogP contribution in [-0.2, 0) is 0 Å². The summed E-state index contributed by atoms with van der Waals surface area (Å²) in [7, 11) is 0. The molecule has 10 heteroatoms. The van der Waals surface area contributed by atoms with E-state index in [-0.39, 0.29) is 16.9 Å². The van der Waals surface area contributed by atoms with E-state index in [0.29, 0.717) is 0 Å². The third-order valence-corrected chi connectivity index (χ3v) is 2.76. The molecule has 20 heavy (non-hydrogen) atoms. The molecule has 0 bridgehead atoms. The maximum Gasteiger partial charge on any atom is 0.335 e. The number of nitrogens with zero attached hydrogens (tertiary/aromatic N) is 3. The molecule has 0 spiro atoms. The average molecular weight is 294 g/mol. The highest BCUT2D eigenvalue weighted by molar-refractivity contribution is 6.99. The molecule has 0 aliphatic carbocycles. The minimum atomic E-state index is -1.30. The highest BCUT2D eigenvalue weighted by Crippen LogP contribution is 2.26. The monoisotopic (exact) mass is 294 g/mol. The van der Waals surface area contributed by atoms with Crippen LogP contribution in [0.2, 0.25) is 0 Å². The van der Waals surface area contributed by atoms with Crippen LogP contribution < -0.4 is 5.32 Å². The number of aromatic carboxylic acids is 1. The number of nitro groups is 1. The first-order valence-electron chi connectivity index (χ1n) is 5.09. The molecular weight excluding hydrogens is 288 g/mol. The van der Waals surface area contributed by atoms with Gasteiger partial charge in [0.1, 0.15) is 5.69 Å². The van der Waals surface area contributed by atoms with Crippen LogP contribution in [0.25, 0.3) is 0 Å². The predicted octanol–water partition coefficient (Wildman–Crippen LogP) is 1.40. The van der Waals surface area contributed by atoms with Crippen LogP contribution in [0, 0.1) is 10.1 Å². The highest BCUT2D eigenvalue weighted by Gasteiger charge is 2.20. The molecule has 0 aliphatic rings. The van der Waals surface area contributed by atoms with Crippen molar-refractivity contribution in [3.63, 3.8) is 0 Å². The number of rotatable bonds is 4. The van der Waals surface area contributed by atoms with Gasteiger partial charge in [0.2, 0.25) is 0 Å². The summed E-state index contributed by atoms with van der Waals surface area (Å²) < 4.78 is 7.33. The number of nitrogens with one attached hydrogen (secondary N) is 1. The van der Waals surface area contributed by atoms with Gasteiger partial charge in [0.15, 0.2) is 5.69 Å². The molecule has 9 nitrogen and oxygen atoms in total. The fraction of sp³-hybridized carbons (Fsp3) is 0. The van der Waals surface area contributed by atoms with Crippen LogP contribution in [0.3, 0.4) is 0 Å². The lowest BCUT2D eigenvalue weighted by atomic mass is 10.1. The van der Waals surface area contributed by atoms with Gasteiger partial charge in [-0.05, 0) is 12.1 Å². The Morgan fingerprint density at radius 2 is 2.15 bits per heavy atom. The van der Waals surface area contributed by atoms with Gasteiger partial charge in [0, 0.05) is 6.07 Å². The third kappa shape index (κ3) is 2.75. The lowest BCUT2D eigenvalue weighted by molar-refractivity contribution is -0.383. The van der Waals surface area contributed by atoms with E-state index in [9.17, 15) is 19.7 Å². The highest BCUT2D eigenvalue weighted by atomic mass is 32.1. The lowest BCUT2D eigenvalue weighted by Crippen LogP contribution is -2.13. The minimum absolute atomic E-state index is 0.0200. The number of carbonyl (C=O) groups excluding carboxylic acids is 1. The Balaban J connectivity index is 2.34. The van der Waals surface area contributed by atoms with Gasteiger partial charge >= 0.3 is 5.97 Å². The second kappa shape index (κ2) is 5.40. The van der Waals surface area contributed by atoms with E-state index in [4.69, 9.17) is 5.11 Å². The topological polar surface area (TPSA) is 135 Å². The van der Waals surface area contributed by atoms with Crippen LogP contribution in [0.15, 0.2) is 24.4 Å². The van der Waals surface area contributed by atoms with E-state index >= 15 is 0 Å². The molecule has 0 saturated heterocycles. The number of hydrogen-bond donors (Lipinski definition) is 2. The molecule has 1 heterocycles. The zero-order chi connectivity index (χ0) is 14.7. The van der Waals surface area contributed by atoms with E-state index in [0.717, 1.165) is 29.9 Å². The van der Waals surface area contributed by atoms with Gasteiger partial charge in [-0.25, -0.2) is 4.79 Å². The first-order valence-corrected chi connectivity index (χ1v) is 5.82. The Hall–Kier alpha value is -2.88. The van der Waals surface area contributed by atoms with E-state index < -0.39 is 22.5 Å². The van der Waals surface area contributed by atoms with Gasteiger partial charge in [-0.3, -0.25) is 14.9 Å². The van der Waals surface area contributed by atoms with Crippen molar-refractivity contribution in [1.82, 2.24) is 8.75 Å². The normalized spacial score (nSPS) is 10.0. The van der Waals surface area contributed by atoms with Crippen molar-refractivity contribution in [3.8, 4) is 0 Å². The largest absolute Gasteiger partial charge is 0.478 e.